The topological polar surface area (TPSA) is 25.8 Å². The standard InChI is InChI=1S/C14H9FN2/c15-12-7-3-2-6-11(12)14-16-9-10-5-1-4-8-13(10)17-14/h1-9H. The van der Waals surface area contributed by atoms with Crippen LogP contribution in [0.15, 0.2) is 54.7 Å². The van der Waals surface area contributed by atoms with E-state index in [1.807, 2.05) is 24.3 Å². The summed E-state index contributed by atoms with van der Waals surface area (Å²) in [6.07, 6.45) is 1.71. The fourth-order valence-corrected chi connectivity index (χ4v) is 1.74. The summed E-state index contributed by atoms with van der Waals surface area (Å²) in [6, 6.07) is 14.2. The maximum atomic E-state index is 13.6. The first-order valence-electron chi connectivity index (χ1n) is 5.31. The third kappa shape index (κ3) is 1.76. The first kappa shape index (κ1) is 9.90. The molecule has 82 valence electrons. The van der Waals surface area contributed by atoms with E-state index in [1.165, 1.54) is 6.07 Å². The summed E-state index contributed by atoms with van der Waals surface area (Å²) in [4.78, 5) is 8.54. The summed E-state index contributed by atoms with van der Waals surface area (Å²) < 4.78 is 13.6. The van der Waals surface area contributed by atoms with Crippen LogP contribution in [0.4, 0.5) is 4.39 Å². The Morgan fingerprint density at radius 1 is 0.882 bits per heavy atom. The Morgan fingerprint density at radius 3 is 2.53 bits per heavy atom. The molecule has 17 heavy (non-hydrogen) atoms. The van der Waals surface area contributed by atoms with Gasteiger partial charge in [0.05, 0.1) is 11.1 Å². The summed E-state index contributed by atoms with van der Waals surface area (Å²) in [5, 5.41) is 0.951. The summed E-state index contributed by atoms with van der Waals surface area (Å²) in [6.45, 7) is 0. The van der Waals surface area contributed by atoms with Crippen LogP contribution in [0.3, 0.4) is 0 Å². The molecule has 3 heteroatoms. The van der Waals surface area contributed by atoms with Gasteiger partial charge in [0.2, 0.25) is 0 Å². The predicted octanol–water partition coefficient (Wildman–Crippen LogP) is 3.44. The van der Waals surface area contributed by atoms with Gasteiger partial charge in [-0.05, 0) is 18.2 Å². The van der Waals surface area contributed by atoms with Crippen molar-refractivity contribution in [3.8, 4) is 11.4 Å². The van der Waals surface area contributed by atoms with Crippen molar-refractivity contribution in [2.24, 2.45) is 0 Å². The smallest absolute Gasteiger partial charge is 0.162 e. The average Bonchev–Trinajstić information content (AvgIpc) is 2.39. The highest BCUT2D eigenvalue weighted by atomic mass is 19.1. The van der Waals surface area contributed by atoms with Crippen LogP contribution in [0, 0.1) is 5.82 Å². The van der Waals surface area contributed by atoms with Crippen molar-refractivity contribution in [2.75, 3.05) is 0 Å². The number of fused-ring (bicyclic) bond motifs is 1. The van der Waals surface area contributed by atoms with Gasteiger partial charge in [-0.3, -0.25) is 0 Å². The van der Waals surface area contributed by atoms with Gasteiger partial charge >= 0.3 is 0 Å². The molecule has 0 saturated heterocycles. The Morgan fingerprint density at radius 2 is 1.65 bits per heavy atom. The van der Waals surface area contributed by atoms with Gasteiger partial charge in [0, 0.05) is 11.6 Å². The molecule has 2 nitrogen and oxygen atoms in total. The molecule has 0 aliphatic carbocycles. The van der Waals surface area contributed by atoms with E-state index in [0.717, 1.165) is 10.9 Å². The monoisotopic (exact) mass is 224 g/mol. The van der Waals surface area contributed by atoms with Crippen molar-refractivity contribution in [3.05, 3.63) is 60.5 Å². The lowest BCUT2D eigenvalue weighted by Crippen LogP contribution is -1.92. The van der Waals surface area contributed by atoms with Crippen molar-refractivity contribution >= 4 is 10.9 Å². The number of nitrogens with zero attached hydrogens (tertiary/aromatic N) is 2. The van der Waals surface area contributed by atoms with E-state index in [9.17, 15) is 4.39 Å². The molecule has 0 aliphatic heterocycles. The Balaban J connectivity index is 2.22. The fourth-order valence-electron chi connectivity index (χ4n) is 1.74. The summed E-state index contributed by atoms with van der Waals surface area (Å²) in [7, 11) is 0. The molecule has 3 rings (SSSR count). The average molecular weight is 224 g/mol. The molecule has 0 amide bonds. The lowest BCUT2D eigenvalue weighted by atomic mass is 10.2. The second-order valence-corrected chi connectivity index (χ2v) is 3.73. The summed E-state index contributed by atoms with van der Waals surface area (Å²) in [5.74, 6) is 0.115. The lowest BCUT2D eigenvalue weighted by molar-refractivity contribution is 0.630. The molecule has 3 aromatic rings. The van der Waals surface area contributed by atoms with Crippen molar-refractivity contribution in [3.63, 3.8) is 0 Å². The number of aromatic nitrogens is 2. The minimum absolute atomic E-state index is 0.303. The Labute approximate surface area is 97.8 Å². The van der Waals surface area contributed by atoms with Crippen LogP contribution in [0.1, 0.15) is 0 Å². The van der Waals surface area contributed by atoms with Crippen LogP contribution in [-0.2, 0) is 0 Å². The van der Waals surface area contributed by atoms with Gasteiger partial charge in [0.25, 0.3) is 0 Å². The zero-order chi connectivity index (χ0) is 11.7. The quantitative estimate of drug-likeness (QED) is 0.632. The second kappa shape index (κ2) is 3.94. The maximum Gasteiger partial charge on any atom is 0.162 e. The number of para-hydroxylation sites is 1. The molecule has 0 fully saturated rings. The van der Waals surface area contributed by atoms with Crippen LogP contribution in [0.2, 0.25) is 0 Å². The van der Waals surface area contributed by atoms with Crippen molar-refractivity contribution in [1.82, 2.24) is 9.97 Å². The molecular weight excluding hydrogens is 215 g/mol. The highest BCUT2D eigenvalue weighted by Crippen LogP contribution is 2.20. The zero-order valence-corrected chi connectivity index (χ0v) is 8.97. The van der Waals surface area contributed by atoms with Crippen LogP contribution < -0.4 is 0 Å². The normalized spacial score (nSPS) is 10.6. The zero-order valence-electron chi connectivity index (χ0n) is 8.97. The van der Waals surface area contributed by atoms with E-state index in [4.69, 9.17) is 0 Å². The van der Waals surface area contributed by atoms with E-state index in [0.29, 0.717) is 11.4 Å². The van der Waals surface area contributed by atoms with Crippen molar-refractivity contribution < 1.29 is 4.39 Å². The molecule has 0 unspecified atom stereocenters. The molecule has 0 aliphatic rings. The van der Waals surface area contributed by atoms with Gasteiger partial charge in [-0.1, -0.05) is 30.3 Å². The SMILES string of the molecule is Fc1ccccc1-c1ncc2ccccc2n1. The van der Waals surface area contributed by atoms with E-state index >= 15 is 0 Å². The van der Waals surface area contributed by atoms with Gasteiger partial charge in [-0.25, -0.2) is 14.4 Å². The number of rotatable bonds is 1. The van der Waals surface area contributed by atoms with Gasteiger partial charge in [0.1, 0.15) is 5.82 Å². The molecule has 2 aromatic carbocycles. The summed E-state index contributed by atoms with van der Waals surface area (Å²) >= 11 is 0. The van der Waals surface area contributed by atoms with Crippen LogP contribution in [0.25, 0.3) is 22.3 Å². The minimum atomic E-state index is -0.303. The third-order valence-corrected chi connectivity index (χ3v) is 2.60. The molecule has 0 radical (unpaired) electrons. The molecule has 0 saturated carbocycles. The number of hydrogen-bond acceptors (Lipinski definition) is 2. The first-order chi connectivity index (χ1) is 8.34. The van der Waals surface area contributed by atoms with Crippen LogP contribution in [0.5, 0.6) is 0 Å². The van der Waals surface area contributed by atoms with Crippen LogP contribution in [-0.4, -0.2) is 9.97 Å². The van der Waals surface area contributed by atoms with Gasteiger partial charge in [0.15, 0.2) is 5.82 Å². The summed E-state index contributed by atoms with van der Waals surface area (Å²) in [5.41, 5.74) is 1.25. The van der Waals surface area contributed by atoms with Crippen molar-refractivity contribution in [2.45, 2.75) is 0 Å². The Kier molecular flexibility index (Phi) is 2.29. The largest absolute Gasteiger partial charge is 0.236 e. The molecule has 0 spiro atoms. The van der Waals surface area contributed by atoms with Crippen molar-refractivity contribution in [1.29, 1.82) is 0 Å². The predicted molar refractivity (Wildman–Crippen MR) is 64.9 cm³/mol. The molecule has 0 atom stereocenters. The maximum absolute atomic E-state index is 13.6. The number of halogens is 1. The van der Waals surface area contributed by atoms with E-state index in [1.54, 1.807) is 24.4 Å². The van der Waals surface area contributed by atoms with Gasteiger partial charge < -0.3 is 0 Å². The Bertz CT molecular complexity index is 680. The Hall–Kier alpha value is -2.29. The molecule has 1 aromatic heterocycles. The van der Waals surface area contributed by atoms with E-state index in [2.05, 4.69) is 9.97 Å². The highest BCUT2D eigenvalue weighted by Gasteiger charge is 2.07. The fraction of sp³-hybridized carbons (Fsp3) is 0. The second-order valence-electron chi connectivity index (χ2n) is 3.73. The molecule has 0 bridgehead atoms. The molecule has 1 heterocycles. The van der Waals surface area contributed by atoms with E-state index < -0.39 is 0 Å². The third-order valence-electron chi connectivity index (χ3n) is 2.60. The van der Waals surface area contributed by atoms with Gasteiger partial charge in [-0.15, -0.1) is 0 Å². The van der Waals surface area contributed by atoms with Gasteiger partial charge in [-0.2, -0.15) is 0 Å². The van der Waals surface area contributed by atoms with E-state index in [-0.39, 0.29) is 5.82 Å². The first-order valence-corrected chi connectivity index (χ1v) is 5.31. The minimum Gasteiger partial charge on any atom is -0.236 e. The number of benzene rings is 2. The van der Waals surface area contributed by atoms with Crippen LogP contribution >= 0.6 is 0 Å². The highest BCUT2D eigenvalue weighted by molar-refractivity contribution is 5.79. The number of hydrogen-bond donors (Lipinski definition) is 0. The lowest BCUT2D eigenvalue weighted by Gasteiger charge is -2.02. The molecular formula is C14H9FN2. The molecule has 0 N–H and O–H groups in total.